The van der Waals surface area contributed by atoms with E-state index in [1.54, 1.807) is 12.1 Å². The molecular weight excluding hydrogens is 248 g/mol. The van der Waals surface area contributed by atoms with Crippen LogP contribution in [0.2, 0.25) is 5.02 Å². The first-order valence-electron chi connectivity index (χ1n) is 5.18. The molecule has 1 saturated heterocycles. The molecule has 88 valence electrons. The van der Waals surface area contributed by atoms with Crippen LogP contribution in [0.1, 0.15) is 12.8 Å². The maximum absolute atomic E-state index is 12.0. The van der Waals surface area contributed by atoms with Gasteiger partial charge in [0.25, 0.3) is 0 Å². The molecule has 16 heavy (non-hydrogen) atoms. The van der Waals surface area contributed by atoms with Crippen LogP contribution in [-0.4, -0.2) is 26.9 Å². The molecule has 0 N–H and O–H groups in total. The van der Waals surface area contributed by atoms with E-state index < -0.39 is 9.84 Å². The average Bonchev–Trinajstić information content (AvgIpc) is 2.70. The fourth-order valence-corrected chi connectivity index (χ4v) is 3.38. The van der Waals surface area contributed by atoms with Crippen LogP contribution in [0, 0.1) is 0 Å². The monoisotopic (exact) mass is 260 g/mol. The number of hydrogen-bond donors (Lipinski definition) is 0. The van der Waals surface area contributed by atoms with Crippen LogP contribution in [-0.2, 0) is 14.6 Å². The van der Waals surface area contributed by atoms with Gasteiger partial charge in [0, 0.05) is 11.6 Å². The zero-order chi connectivity index (χ0) is 11.6. The van der Waals surface area contributed by atoms with Gasteiger partial charge < -0.3 is 4.74 Å². The zero-order valence-corrected chi connectivity index (χ0v) is 10.3. The van der Waals surface area contributed by atoms with E-state index in [9.17, 15) is 8.42 Å². The summed E-state index contributed by atoms with van der Waals surface area (Å²) in [6, 6.07) is 6.24. The first-order chi connectivity index (χ1) is 7.58. The smallest absolute Gasteiger partial charge is 0.180 e. The van der Waals surface area contributed by atoms with Crippen molar-refractivity contribution < 1.29 is 13.2 Å². The molecule has 2 rings (SSSR count). The molecule has 0 radical (unpaired) electrons. The fraction of sp³-hybridized carbons (Fsp3) is 0.455. The van der Waals surface area contributed by atoms with Crippen LogP contribution >= 0.6 is 11.6 Å². The predicted octanol–water partition coefficient (Wildman–Crippen LogP) is 2.29. The van der Waals surface area contributed by atoms with Crippen molar-refractivity contribution >= 4 is 21.4 Å². The summed E-state index contributed by atoms with van der Waals surface area (Å²) in [5.74, 6) is 0.0641. The minimum Gasteiger partial charge on any atom is -0.377 e. The fourth-order valence-electron chi connectivity index (χ4n) is 1.76. The van der Waals surface area contributed by atoms with Gasteiger partial charge in [-0.15, -0.1) is 0 Å². The summed E-state index contributed by atoms with van der Waals surface area (Å²) in [5.41, 5.74) is 0. The summed E-state index contributed by atoms with van der Waals surface area (Å²) in [6.45, 7) is 0.667. The molecule has 1 aliphatic heterocycles. The van der Waals surface area contributed by atoms with Crippen LogP contribution < -0.4 is 0 Å². The Balaban J connectivity index is 2.14. The summed E-state index contributed by atoms with van der Waals surface area (Å²) in [5, 5.41) is 0.538. The molecule has 0 spiro atoms. The quantitative estimate of drug-likeness (QED) is 0.838. The minimum absolute atomic E-state index is 0.0641. The third kappa shape index (κ3) is 2.75. The number of halogens is 1. The third-order valence-electron chi connectivity index (χ3n) is 2.60. The largest absolute Gasteiger partial charge is 0.377 e. The molecule has 0 aliphatic carbocycles. The predicted molar refractivity (Wildman–Crippen MR) is 62.5 cm³/mol. The molecule has 0 amide bonds. The lowest BCUT2D eigenvalue weighted by Crippen LogP contribution is -2.20. The lowest BCUT2D eigenvalue weighted by Gasteiger charge is -2.10. The molecule has 1 aromatic rings. The lowest BCUT2D eigenvalue weighted by atomic mass is 10.3. The Labute approximate surface area is 100 Å². The average molecular weight is 261 g/mol. The van der Waals surface area contributed by atoms with Crippen molar-refractivity contribution in [2.75, 3.05) is 12.4 Å². The highest BCUT2D eigenvalue weighted by atomic mass is 35.5. The molecule has 0 bridgehead atoms. The molecule has 1 atom stereocenters. The van der Waals surface area contributed by atoms with Crippen molar-refractivity contribution in [3.63, 3.8) is 0 Å². The van der Waals surface area contributed by atoms with E-state index in [-0.39, 0.29) is 11.9 Å². The normalized spacial score (nSPS) is 21.2. The van der Waals surface area contributed by atoms with Crippen molar-refractivity contribution in [1.82, 2.24) is 0 Å². The summed E-state index contributed by atoms with van der Waals surface area (Å²) in [6.07, 6.45) is 1.62. The van der Waals surface area contributed by atoms with Gasteiger partial charge in [0.05, 0.1) is 16.8 Å². The third-order valence-corrected chi connectivity index (χ3v) is 4.66. The van der Waals surface area contributed by atoms with Crippen molar-refractivity contribution in [1.29, 1.82) is 0 Å². The van der Waals surface area contributed by atoms with Crippen LogP contribution in [0.3, 0.4) is 0 Å². The molecule has 1 heterocycles. The second-order valence-electron chi connectivity index (χ2n) is 3.87. The molecule has 0 aromatic heterocycles. The van der Waals surface area contributed by atoms with E-state index in [2.05, 4.69) is 0 Å². The highest BCUT2D eigenvalue weighted by Crippen LogP contribution is 2.20. The standard InChI is InChI=1S/C11H13ClO3S/c12-9-3-5-11(6-4-9)16(13,14)8-10-2-1-7-15-10/h3-6,10H,1-2,7-8H2. The van der Waals surface area contributed by atoms with Gasteiger partial charge >= 0.3 is 0 Å². The van der Waals surface area contributed by atoms with E-state index in [0.29, 0.717) is 16.5 Å². The first kappa shape index (κ1) is 11.9. The Hall–Kier alpha value is -0.580. The van der Waals surface area contributed by atoms with Gasteiger partial charge in [-0.25, -0.2) is 8.42 Å². The topological polar surface area (TPSA) is 43.4 Å². The van der Waals surface area contributed by atoms with Gasteiger partial charge in [-0.2, -0.15) is 0 Å². The maximum Gasteiger partial charge on any atom is 0.180 e. The Bertz CT molecular complexity index is 447. The zero-order valence-electron chi connectivity index (χ0n) is 8.73. The van der Waals surface area contributed by atoms with Gasteiger partial charge in [-0.3, -0.25) is 0 Å². The van der Waals surface area contributed by atoms with Crippen molar-refractivity contribution in [2.45, 2.75) is 23.8 Å². The summed E-state index contributed by atoms with van der Waals surface area (Å²) in [7, 11) is -3.24. The molecule has 1 aromatic carbocycles. The molecular formula is C11H13ClO3S. The number of hydrogen-bond acceptors (Lipinski definition) is 3. The molecule has 1 fully saturated rings. The van der Waals surface area contributed by atoms with Gasteiger partial charge in [-0.05, 0) is 37.1 Å². The SMILES string of the molecule is O=S(=O)(CC1CCCO1)c1ccc(Cl)cc1. The van der Waals surface area contributed by atoms with Crippen LogP contribution in [0.5, 0.6) is 0 Å². The highest BCUT2D eigenvalue weighted by Gasteiger charge is 2.24. The first-order valence-corrected chi connectivity index (χ1v) is 7.21. The van der Waals surface area contributed by atoms with Gasteiger partial charge in [-0.1, -0.05) is 11.6 Å². The molecule has 5 heteroatoms. The van der Waals surface area contributed by atoms with E-state index in [0.717, 1.165) is 12.8 Å². The summed E-state index contributed by atoms with van der Waals surface area (Å²) < 4.78 is 29.3. The maximum atomic E-state index is 12.0. The van der Waals surface area contributed by atoms with Gasteiger partial charge in [0.1, 0.15) is 0 Å². The molecule has 1 aliphatic rings. The van der Waals surface area contributed by atoms with Crippen LogP contribution in [0.25, 0.3) is 0 Å². The Morgan fingerprint density at radius 1 is 1.31 bits per heavy atom. The number of sulfone groups is 1. The lowest BCUT2D eigenvalue weighted by molar-refractivity contribution is 0.127. The Morgan fingerprint density at radius 3 is 2.56 bits per heavy atom. The molecule has 0 saturated carbocycles. The number of rotatable bonds is 3. The van der Waals surface area contributed by atoms with E-state index in [4.69, 9.17) is 16.3 Å². The highest BCUT2D eigenvalue weighted by molar-refractivity contribution is 7.91. The second-order valence-corrected chi connectivity index (χ2v) is 6.34. The van der Waals surface area contributed by atoms with E-state index in [1.807, 2.05) is 0 Å². The second kappa shape index (κ2) is 4.73. The van der Waals surface area contributed by atoms with E-state index >= 15 is 0 Å². The van der Waals surface area contributed by atoms with Crippen LogP contribution in [0.15, 0.2) is 29.2 Å². The summed E-state index contributed by atoms with van der Waals surface area (Å²) in [4.78, 5) is 0.312. The summed E-state index contributed by atoms with van der Waals surface area (Å²) >= 11 is 5.71. The Morgan fingerprint density at radius 2 is 2.00 bits per heavy atom. The molecule has 1 unspecified atom stereocenters. The van der Waals surface area contributed by atoms with Crippen molar-refractivity contribution in [2.24, 2.45) is 0 Å². The van der Waals surface area contributed by atoms with Gasteiger partial charge in [0.15, 0.2) is 9.84 Å². The minimum atomic E-state index is -3.24. The van der Waals surface area contributed by atoms with E-state index in [1.165, 1.54) is 12.1 Å². The number of benzene rings is 1. The Kier molecular flexibility index (Phi) is 3.52. The number of ether oxygens (including phenoxy) is 1. The van der Waals surface area contributed by atoms with Gasteiger partial charge in [0.2, 0.25) is 0 Å². The van der Waals surface area contributed by atoms with Crippen LogP contribution in [0.4, 0.5) is 0 Å². The van der Waals surface area contributed by atoms with Crippen molar-refractivity contribution in [3.05, 3.63) is 29.3 Å². The van der Waals surface area contributed by atoms with Crippen molar-refractivity contribution in [3.8, 4) is 0 Å². The molecule has 3 nitrogen and oxygen atoms in total.